The largest absolute Gasteiger partial charge is 0.391 e. The Bertz CT molecular complexity index is 338. The van der Waals surface area contributed by atoms with Gasteiger partial charge in [-0.25, -0.2) is 0 Å². The topological polar surface area (TPSA) is 50.1 Å². The van der Waals surface area contributed by atoms with Crippen LogP contribution in [0.2, 0.25) is 5.02 Å². The number of nitrogens with one attached hydrogen (secondary N) is 1. The van der Waals surface area contributed by atoms with Crippen molar-refractivity contribution in [3.05, 3.63) is 16.4 Å². The van der Waals surface area contributed by atoms with Gasteiger partial charge in [0, 0.05) is 20.0 Å². The van der Waals surface area contributed by atoms with Crippen LogP contribution >= 0.6 is 11.6 Å². The van der Waals surface area contributed by atoms with Crippen molar-refractivity contribution in [2.75, 3.05) is 13.1 Å². The molecular weight excluding hydrogens is 226 g/mol. The van der Waals surface area contributed by atoms with E-state index in [1.54, 1.807) is 4.68 Å². The van der Waals surface area contributed by atoms with E-state index in [0.717, 1.165) is 24.4 Å². The molecule has 0 aliphatic heterocycles. The van der Waals surface area contributed by atoms with Crippen LogP contribution in [0.4, 0.5) is 0 Å². The fourth-order valence-electron chi connectivity index (χ4n) is 1.65. The Labute approximate surface area is 102 Å². The molecule has 5 heteroatoms. The molecule has 0 bridgehead atoms. The highest BCUT2D eigenvalue weighted by Gasteiger charge is 2.16. The molecule has 1 atom stereocenters. The van der Waals surface area contributed by atoms with Crippen molar-refractivity contribution in [2.24, 2.45) is 7.05 Å². The Morgan fingerprint density at radius 1 is 1.50 bits per heavy atom. The molecular formula is C11H20ClN3O. The molecule has 92 valence electrons. The third-order valence-corrected chi connectivity index (χ3v) is 3.00. The van der Waals surface area contributed by atoms with Crippen LogP contribution in [0.5, 0.6) is 0 Å². The highest BCUT2D eigenvalue weighted by atomic mass is 35.5. The van der Waals surface area contributed by atoms with Crippen molar-refractivity contribution in [3.63, 3.8) is 0 Å². The molecule has 0 amide bonds. The van der Waals surface area contributed by atoms with Crippen LogP contribution in [0.15, 0.2) is 0 Å². The highest BCUT2D eigenvalue weighted by Crippen LogP contribution is 2.21. The predicted octanol–water partition coefficient (Wildman–Crippen LogP) is 1.15. The highest BCUT2D eigenvalue weighted by molar-refractivity contribution is 6.31. The van der Waals surface area contributed by atoms with E-state index in [0.29, 0.717) is 18.0 Å². The lowest BCUT2D eigenvalue weighted by molar-refractivity contribution is 0.170. The third-order valence-electron chi connectivity index (χ3n) is 2.56. The normalized spacial score (nSPS) is 13.1. The summed E-state index contributed by atoms with van der Waals surface area (Å²) in [6.45, 7) is 5.47. The van der Waals surface area contributed by atoms with E-state index >= 15 is 0 Å². The van der Waals surface area contributed by atoms with E-state index in [1.807, 2.05) is 20.9 Å². The Morgan fingerprint density at radius 2 is 2.19 bits per heavy atom. The molecule has 0 aromatic carbocycles. The first-order valence-corrected chi connectivity index (χ1v) is 6.06. The standard InChI is InChI=1S/C11H20ClN3O/c1-4-9-11(12)10(15(3)14-9)6-8(16)7-13-5-2/h8,13,16H,4-7H2,1-3H3. The molecule has 1 heterocycles. The van der Waals surface area contributed by atoms with Crippen LogP contribution < -0.4 is 5.32 Å². The van der Waals surface area contributed by atoms with Gasteiger partial charge < -0.3 is 10.4 Å². The van der Waals surface area contributed by atoms with E-state index in [1.165, 1.54) is 0 Å². The Balaban J connectivity index is 2.69. The number of hydrogen-bond acceptors (Lipinski definition) is 3. The van der Waals surface area contributed by atoms with Crippen molar-refractivity contribution < 1.29 is 5.11 Å². The Morgan fingerprint density at radius 3 is 2.69 bits per heavy atom. The number of nitrogens with zero attached hydrogens (tertiary/aromatic N) is 2. The lowest BCUT2D eigenvalue weighted by Gasteiger charge is -2.11. The third kappa shape index (κ3) is 3.20. The lowest BCUT2D eigenvalue weighted by Crippen LogP contribution is -2.28. The average molecular weight is 246 g/mol. The van der Waals surface area contributed by atoms with Crippen LogP contribution in [0, 0.1) is 0 Å². The van der Waals surface area contributed by atoms with Crippen molar-refractivity contribution in [3.8, 4) is 0 Å². The van der Waals surface area contributed by atoms with Crippen LogP contribution in [-0.2, 0) is 19.9 Å². The van der Waals surface area contributed by atoms with Gasteiger partial charge in [0.1, 0.15) is 0 Å². The van der Waals surface area contributed by atoms with E-state index < -0.39 is 6.10 Å². The van der Waals surface area contributed by atoms with Gasteiger partial charge in [0.15, 0.2) is 0 Å². The summed E-state index contributed by atoms with van der Waals surface area (Å²) in [5.41, 5.74) is 1.80. The summed E-state index contributed by atoms with van der Waals surface area (Å²) < 4.78 is 1.76. The maximum atomic E-state index is 9.80. The fourth-order valence-corrected chi connectivity index (χ4v) is 2.02. The van der Waals surface area contributed by atoms with Crippen molar-refractivity contribution in [1.29, 1.82) is 0 Å². The average Bonchev–Trinajstić information content (AvgIpc) is 2.53. The summed E-state index contributed by atoms with van der Waals surface area (Å²) in [5, 5.41) is 17.9. The molecule has 0 saturated carbocycles. The molecule has 0 fully saturated rings. The van der Waals surface area contributed by atoms with Gasteiger partial charge in [-0.3, -0.25) is 4.68 Å². The molecule has 1 aromatic heterocycles. The van der Waals surface area contributed by atoms with Crippen molar-refractivity contribution in [2.45, 2.75) is 32.8 Å². The van der Waals surface area contributed by atoms with Gasteiger partial charge in [0.05, 0.1) is 22.5 Å². The molecule has 1 unspecified atom stereocenters. The first-order chi connectivity index (χ1) is 7.60. The zero-order valence-corrected chi connectivity index (χ0v) is 10.9. The van der Waals surface area contributed by atoms with Gasteiger partial charge in [-0.2, -0.15) is 5.10 Å². The summed E-state index contributed by atoms with van der Waals surface area (Å²) >= 11 is 6.19. The number of aliphatic hydroxyl groups is 1. The molecule has 1 rings (SSSR count). The molecule has 4 nitrogen and oxygen atoms in total. The minimum absolute atomic E-state index is 0.419. The Kier molecular flexibility index (Phi) is 5.25. The summed E-state index contributed by atoms with van der Waals surface area (Å²) in [5.74, 6) is 0. The van der Waals surface area contributed by atoms with Crippen LogP contribution in [0.3, 0.4) is 0 Å². The second-order valence-electron chi connectivity index (χ2n) is 3.85. The molecule has 1 aromatic rings. The van der Waals surface area contributed by atoms with Gasteiger partial charge in [0.25, 0.3) is 0 Å². The van der Waals surface area contributed by atoms with Gasteiger partial charge in [-0.15, -0.1) is 0 Å². The number of halogens is 1. The lowest BCUT2D eigenvalue weighted by atomic mass is 10.1. The van der Waals surface area contributed by atoms with Crippen LogP contribution in [-0.4, -0.2) is 34.1 Å². The molecule has 0 saturated heterocycles. The summed E-state index contributed by atoms with van der Waals surface area (Å²) in [4.78, 5) is 0. The van der Waals surface area contributed by atoms with Crippen molar-refractivity contribution >= 4 is 11.6 Å². The first kappa shape index (κ1) is 13.5. The maximum absolute atomic E-state index is 9.80. The molecule has 0 aliphatic rings. The first-order valence-electron chi connectivity index (χ1n) is 5.69. The number of aryl methyl sites for hydroxylation is 2. The maximum Gasteiger partial charge on any atom is 0.0850 e. The van der Waals surface area contributed by atoms with Gasteiger partial charge in [-0.05, 0) is 13.0 Å². The number of rotatable bonds is 6. The molecule has 2 N–H and O–H groups in total. The minimum atomic E-state index is -0.419. The predicted molar refractivity (Wildman–Crippen MR) is 65.9 cm³/mol. The van der Waals surface area contributed by atoms with Gasteiger partial charge in [0.2, 0.25) is 0 Å². The molecule has 0 spiro atoms. The van der Waals surface area contributed by atoms with Gasteiger partial charge >= 0.3 is 0 Å². The molecule has 0 radical (unpaired) electrons. The summed E-state index contributed by atoms with van der Waals surface area (Å²) in [6, 6.07) is 0. The second kappa shape index (κ2) is 6.23. The molecule has 0 aliphatic carbocycles. The van der Waals surface area contributed by atoms with E-state index in [4.69, 9.17) is 11.6 Å². The van der Waals surface area contributed by atoms with Crippen LogP contribution in [0.25, 0.3) is 0 Å². The molecule has 16 heavy (non-hydrogen) atoms. The Hall–Kier alpha value is -0.580. The zero-order valence-electron chi connectivity index (χ0n) is 10.1. The zero-order chi connectivity index (χ0) is 12.1. The minimum Gasteiger partial charge on any atom is -0.391 e. The SMILES string of the molecule is CCNCC(O)Cc1c(Cl)c(CC)nn1C. The van der Waals surface area contributed by atoms with E-state index in [-0.39, 0.29) is 0 Å². The second-order valence-corrected chi connectivity index (χ2v) is 4.23. The summed E-state index contributed by atoms with van der Waals surface area (Å²) in [6.07, 6.45) is 0.934. The van der Waals surface area contributed by atoms with Crippen LogP contribution in [0.1, 0.15) is 25.2 Å². The van der Waals surface area contributed by atoms with E-state index in [2.05, 4.69) is 10.4 Å². The van der Waals surface area contributed by atoms with Gasteiger partial charge in [-0.1, -0.05) is 25.4 Å². The van der Waals surface area contributed by atoms with Crippen molar-refractivity contribution in [1.82, 2.24) is 15.1 Å². The number of likely N-dealkylation sites (N-methyl/N-ethyl adjacent to an activating group) is 1. The number of aromatic nitrogens is 2. The van der Waals surface area contributed by atoms with E-state index in [9.17, 15) is 5.11 Å². The monoisotopic (exact) mass is 245 g/mol. The smallest absolute Gasteiger partial charge is 0.0850 e. The number of aliphatic hydroxyl groups excluding tert-OH is 1. The fraction of sp³-hybridized carbons (Fsp3) is 0.727. The number of hydrogen-bond donors (Lipinski definition) is 2. The quantitative estimate of drug-likeness (QED) is 0.791. The summed E-state index contributed by atoms with van der Waals surface area (Å²) in [7, 11) is 1.86.